The number of hydrogen-bond donors (Lipinski definition) is 1. The number of piperazine rings is 1. The van der Waals surface area contributed by atoms with Crippen LogP contribution in [0.3, 0.4) is 0 Å². The smallest absolute Gasteiger partial charge is 0.274 e. The molecule has 1 atom stereocenters. The summed E-state index contributed by atoms with van der Waals surface area (Å²) in [7, 11) is 4.06. The lowest BCUT2D eigenvalue weighted by Crippen LogP contribution is -2.49. The number of carbonyl (C=O) groups is 1. The van der Waals surface area contributed by atoms with Crippen LogP contribution in [-0.2, 0) is 13.5 Å². The normalized spacial score (nSPS) is 19.6. The van der Waals surface area contributed by atoms with Crippen LogP contribution in [0.25, 0.3) is 0 Å². The minimum absolute atomic E-state index is 0.0109. The molecule has 1 aliphatic heterocycles. The lowest BCUT2D eigenvalue weighted by molar-refractivity contribution is 0.0523. The zero-order chi connectivity index (χ0) is 15.7. The van der Waals surface area contributed by atoms with Gasteiger partial charge in [0.1, 0.15) is 11.5 Å². The highest BCUT2D eigenvalue weighted by molar-refractivity contribution is 5.92. The van der Waals surface area contributed by atoms with Crippen molar-refractivity contribution in [3.05, 3.63) is 35.7 Å². The number of amides is 1. The molecule has 1 aliphatic rings. The molecule has 0 saturated carbocycles. The van der Waals surface area contributed by atoms with E-state index in [0.29, 0.717) is 18.8 Å². The third kappa shape index (κ3) is 2.64. The molecule has 1 amide bonds. The van der Waals surface area contributed by atoms with Gasteiger partial charge in [-0.2, -0.15) is 5.10 Å². The second kappa shape index (κ2) is 5.92. The molecule has 2 aromatic rings. The van der Waals surface area contributed by atoms with Crippen LogP contribution >= 0.6 is 0 Å². The topological polar surface area (TPSA) is 70.1 Å². The Morgan fingerprint density at radius 1 is 1.41 bits per heavy atom. The number of H-pyrrole nitrogens is 1. The van der Waals surface area contributed by atoms with E-state index in [1.807, 2.05) is 35.7 Å². The van der Waals surface area contributed by atoms with Gasteiger partial charge in [-0.15, -0.1) is 0 Å². The Bertz CT molecular complexity index is 661. The Morgan fingerprint density at radius 2 is 2.23 bits per heavy atom. The van der Waals surface area contributed by atoms with E-state index in [4.69, 9.17) is 0 Å². The van der Waals surface area contributed by atoms with Crippen LogP contribution in [0.2, 0.25) is 0 Å². The van der Waals surface area contributed by atoms with E-state index in [2.05, 4.69) is 27.1 Å². The van der Waals surface area contributed by atoms with Gasteiger partial charge < -0.3 is 9.47 Å². The summed E-state index contributed by atoms with van der Waals surface area (Å²) in [6, 6.07) is 1.96. The Kier molecular flexibility index (Phi) is 3.98. The van der Waals surface area contributed by atoms with Gasteiger partial charge in [-0.25, -0.2) is 4.98 Å². The summed E-state index contributed by atoms with van der Waals surface area (Å²) in [5, 5.41) is 7.04. The Labute approximate surface area is 129 Å². The van der Waals surface area contributed by atoms with Gasteiger partial charge in [0.25, 0.3) is 5.91 Å². The fourth-order valence-electron chi connectivity index (χ4n) is 2.85. The van der Waals surface area contributed by atoms with Gasteiger partial charge in [-0.05, 0) is 19.5 Å². The van der Waals surface area contributed by atoms with Crippen LogP contribution in [0.15, 0.2) is 18.5 Å². The van der Waals surface area contributed by atoms with Crippen LogP contribution in [0.5, 0.6) is 0 Å². The minimum atomic E-state index is -0.0109. The molecule has 0 bridgehead atoms. The fraction of sp³-hybridized carbons (Fsp3) is 0.533. The predicted octanol–water partition coefficient (Wildman–Crippen LogP) is 0.834. The number of carbonyl (C=O) groups excluding carboxylic acids is 1. The van der Waals surface area contributed by atoms with Crippen LogP contribution < -0.4 is 0 Å². The van der Waals surface area contributed by atoms with E-state index >= 15 is 0 Å². The number of aromatic nitrogens is 4. The van der Waals surface area contributed by atoms with Crippen LogP contribution in [0, 0.1) is 0 Å². The van der Waals surface area contributed by atoms with Crippen molar-refractivity contribution < 1.29 is 4.79 Å². The quantitative estimate of drug-likeness (QED) is 0.912. The number of imidazole rings is 1. The van der Waals surface area contributed by atoms with E-state index in [0.717, 1.165) is 24.5 Å². The van der Waals surface area contributed by atoms with Crippen LogP contribution in [0.1, 0.15) is 35.0 Å². The third-order valence-corrected chi connectivity index (χ3v) is 4.32. The summed E-state index contributed by atoms with van der Waals surface area (Å²) >= 11 is 0. The Hall–Kier alpha value is -2.15. The molecule has 7 nitrogen and oxygen atoms in total. The van der Waals surface area contributed by atoms with E-state index in [1.54, 1.807) is 6.20 Å². The largest absolute Gasteiger partial charge is 0.337 e. The van der Waals surface area contributed by atoms with Gasteiger partial charge in [0.2, 0.25) is 0 Å². The maximum absolute atomic E-state index is 12.6. The highest BCUT2D eigenvalue weighted by Gasteiger charge is 2.31. The van der Waals surface area contributed by atoms with Crippen molar-refractivity contribution >= 4 is 5.91 Å². The maximum atomic E-state index is 12.6. The molecule has 3 heterocycles. The van der Waals surface area contributed by atoms with E-state index in [1.165, 1.54) is 0 Å². The second-order valence-corrected chi connectivity index (χ2v) is 5.78. The number of likely N-dealkylation sites (N-methyl/N-ethyl adjacent to an activating group) is 1. The van der Waals surface area contributed by atoms with Gasteiger partial charge in [0.15, 0.2) is 0 Å². The average Bonchev–Trinajstić information content (AvgIpc) is 3.16. The third-order valence-electron chi connectivity index (χ3n) is 4.32. The van der Waals surface area contributed by atoms with Gasteiger partial charge in [-0.1, -0.05) is 6.92 Å². The van der Waals surface area contributed by atoms with Crippen molar-refractivity contribution in [2.45, 2.75) is 19.4 Å². The number of nitrogens with one attached hydrogen (secondary N) is 1. The summed E-state index contributed by atoms with van der Waals surface area (Å²) in [6.45, 7) is 4.21. The Morgan fingerprint density at radius 3 is 2.86 bits per heavy atom. The molecule has 22 heavy (non-hydrogen) atoms. The predicted molar refractivity (Wildman–Crippen MR) is 82.4 cm³/mol. The summed E-state index contributed by atoms with van der Waals surface area (Å²) in [4.78, 5) is 21.2. The number of aromatic amines is 1. The number of rotatable bonds is 3. The van der Waals surface area contributed by atoms with Gasteiger partial charge in [-0.3, -0.25) is 14.8 Å². The average molecular weight is 302 g/mol. The summed E-state index contributed by atoms with van der Waals surface area (Å²) in [5.74, 6) is 0.972. The lowest BCUT2D eigenvalue weighted by atomic mass is 10.1. The monoisotopic (exact) mass is 302 g/mol. The number of nitrogens with zero attached hydrogens (tertiary/aromatic N) is 5. The zero-order valence-corrected chi connectivity index (χ0v) is 13.3. The summed E-state index contributed by atoms with van der Waals surface area (Å²) < 4.78 is 2.01. The van der Waals surface area contributed by atoms with Gasteiger partial charge in [0, 0.05) is 44.8 Å². The number of aryl methyl sites for hydroxylation is 2. The summed E-state index contributed by atoms with van der Waals surface area (Å²) in [5.41, 5.74) is 1.48. The molecular formula is C15H22N6O. The van der Waals surface area contributed by atoms with E-state index in [-0.39, 0.29) is 11.9 Å². The molecule has 0 aromatic carbocycles. The molecule has 118 valence electrons. The first-order valence-electron chi connectivity index (χ1n) is 7.61. The molecule has 1 saturated heterocycles. The van der Waals surface area contributed by atoms with Crippen molar-refractivity contribution in [1.82, 2.24) is 29.5 Å². The molecule has 0 aliphatic carbocycles. The number of hydrogen-bond acceptors (Lipinski definition) is 4. The van der Waals surface area contributed by atoms with Crippen molar-refractivity contribution in [2.24, 2.45) is 7.05 Å². The molecule has 0 spiro atoms. The lowest BCUT2D eigenvalue weighted by Gasteiger charge is -2.38. The standard InChI is InChI=1S/C15H22N6O/c1-4-11-9-12(18-17-11)15(22)21-8-7-19(2)13(10-21)14-16-5-6-20(14)3/h5-6,9,13H,4,7-8,10H2,1-3H3,(H,17,18)/t13-/m0/s1. The molecule has 0 radical (unpaired) electrons. The first-order valence-corrected chi connectivity index (χ1v) is 7.61. The summed E-state index contributed by atoms with van der Waals surface area (Å²) in [6.07, 6.45) is 4.58. The highest BCUT2D eigenvalue weighted by Crippen LogP contribution is 2.23. The molecule has 1 fully saturated rings. The van der Waals surface area contributed by atoms with Gasteiger partial charge >= 0.3 is 0 Å². The fourth-order valence-corrected chi connectivity index (χ4v) is 2.85. The first-order chi connectivity index (χ1) is 10.6. The zero-order valence-electron chi connectivity index (χ0n) is 13.3. The maximum Gasteiger partial charge on any atom is 0.274 e. The molecule has 3 rings (SSSR count). The van der Waals surface area contributed by atoms with Crippen LogP contribution in [-0.4, -0.2) is 62.1 Å². The highest BCUT2D eigenvalue weighted by atomic mass is 16.2. The van der Waals surface area contributed by atoms with Crippen molar-refractivity contribution in [3.63, 3.8) is 0 Å². The van der Waals surface area contributed by atoms with E-state index < -0.39 is 0 Å². The first kappa shape index (κ1) is 14.8. The molecule has 7 heteroatoms. The SMILES string of the molecule is CCc1cc(C(=O)N2CCN(C)[C@H](c3nccn3C)C2)n[nH]1. The van der Waals surface area contributed by atoms with E-state index in [9.17, 15) is 4.79 Å². The van der Waals surface area contributed by atoms with Crippen molar-refractivity contribution in [3.8, 4) is 0 Å². The minimum Gasteiger partial charge on any atom is -0.337 e. The second-order valence-electron chi connectivity index (χ2n) is 5.78. The molecule has 0 unspecified atom stereocenters. The van der Waals surface area contributed by atoms with Crippen LogP contribution in [0.4, 0.5) is 0 Å². The molecule has 1 N–H and O–H groups in total. The molecular weight excluding hydrogens is 280 g/mol. The molecule has 2 aromatic heterocycles. The van der Waals surface area contributed by atoms with Crippen molar-refractivity contribution in [2.75, 3.05) is 26.7 Å². The Balaban J connectivity index is 1.78. The van der Waals surface area contributed by atoms with Crippen molar-refractivity contribution in [1.29, 1.82) is 0 Å². The van der Waals surface area contributed by atoms with Gasteiger partial charge in [0.05, 0.1) is 6.04 Å².